The Hall–Kier alpha value is -1.80. The summed E-state index contributed by atoms with van der Waals surface area (Å²) in [5.41, 5.74) is 1.27. The highest BCUT2D eigenvalue weighted by atomic mass is 32.1. The Morgan fingerprint density at radius 2 is 1.84 bits per heavy atom. The second kappa shape index (κ2) is 6.84. The zero-order valence-electron chi connectivity index (χ0n) is 14.8. The first kappa shape index (κ1) is 16.7. The monoisotopic (exact) mass is 374 g/mol. The van der Waals surface area contributed by atoms with E-state index in [4.69, 9.17) is 4.98 Å². The van der Waals surface area contributed by atoms with E-state index < -0.39 is 0 Å². The molecular formula is C17H22N6S2. The van der Waals surface area contributed by atoms with Gasteiger partial charge in [0, 0.05) is 44.1 Å². The van der Waals surface area contributed by atoms with E-state index in [0.29, 0.717) is 0 Å². The predicted molar refractivity (Wildman–Crippen MR) is 105 cm³/mol. The zero-order chi connectivity index (χ0) is 17.4. The van der Waals surface area contributed by atoms with E-state index in [-0.39, 0.29) is 0 Å². The molecular weight excluding hydrogens is 352 g/mol. The maximum atomic E-state index is 4.79. The van der Waals surface area contributed by atoms with Crippen molar-refractivity contribution in [3.63, 3.8) is 0 Å². The highest BCUT2D eigenvalue weighted by Crippen LogP contribution is 2.32. The standard InChI is InChI=1S/C17H22N6S2/c1-4-13-20-17(25-21-13)23-7-5-6-22(8-9-23)15-14-11(2)10-24-16(14)19-12(3)18-15/h10H,4-9H2,1-3H3. The minimum Gasteiger partial charge on any atom is -0.354 e. The van der Waals surface area contributed by atoms with Crippen LogP contribution in [0.15, 0.2) is 5.38 Å². The molecule has 1 aliphatic heterocycles. The van der Waals surface area contributed by atoms with Gasteiger partial charge in [0.25, 0.3) is 0 Å². The lowest BCUT2D eigenvalue weighted by molar-refractivity contribution is 0.795. The maximum absolute atomic E-state index is 4.79. The second-order valence-corrected chi connectivity index (χ2v) is 7.96. The molecule has 0 aromatic carbocycles. The van der Waals surface area contributed by atoms with Crippen molar-refractivity contribution in [2.24, 2.45) is 0 Å². The van der Waals surface area contributed by atoms with Crippen molar-refractivity contribution in [3.8, 4) is 0 Å². The summed E-state index contributed by atoms with van der Waals surface area (Å²) in [5.74, 6) is 2.89. The van der Waals surface area contributed by atoms with Crippen molar-refractivity contribution in [1.82, 2.24) is 19.3 Å². The molecule has 3 aromatic heterocycles. The summed E-state index contributed by atoms with van der Waals surface area (Å²) in [7, 11) is 0. The van der Waals surface area contributed by atoms with Crippen LogP contribution in [-0.4, -0.2) is 45.5 Å². The van der Waals surface area contributed by atoms with E-state index in [2.05, 4.69) is 43.4 Å². The van der Waals surface area contributed by atoms with Gasteiger partial charge in [-0.1, -0.05) is 6.92 Å². The summed E-state index contributed by atoms with van der Waals surface area (Å²) < 4.78 is 4.43. The Bertz CT molecular complexity index is 887. The van der Waals surface area contributed by atoms with Gasteiger partial charge in [-0.15, -0.1) is 11.3 Å². The lowest BCUT2D eigenvalue weighted by Crippen LogP contribution is -2.31. The largest absolute Gasteiger partial charge is 0.354 e. The molecule has 1 fully saturated rings. The number of aryl methyl sites for hydroxylation is 3. The summed E-state index contributed by atoms with van der Waals surface area (Å²) >= 11 is 3.23. The zero-order valence-corrected chi connectivity index (χ0v) is 16.5. The Labute approximate surface area is 155 Å². The summed E-state index contributed by atoms with van der Waals surface area (Å²) in [5, 5.41) is 4.45. The normalized spacial score (nSPS) is 15.8. The van der Waals surface area contributed by atoms with Gasteiger partial charge in [0.2, 0.25) is 5.13 Å². The van der Waals surface area contributed by atoms with Crippen LogP contribution in [0.4, 0.5) is 10.9 Å². The predicted octanol–water partition coefficient (Wildman–Crippen LogP) is 3.44. The summed E-state index contributed by atoms with van der Waals surface area (Å²) in [6.45, 7) is 10.2. The van der Waals surface area contributed by atoms with Crippen molar-refractivity contribution in [1.29, 1.82) is 0 Å². The fourth-order valence-corrected chi connectivity index (χ4v) is 4.99. The number of aromatic nitrogens is 4. The molecule has 0 spiro atoms. The number of fused-ring (bicyclic) bond motifs is 1. The molecule has 0 unspecified atom stereocenters. The topological polar surface area (TPSA) is 58.0 Å². The lowest BCUT2D eigenvalue weighted by atomic mass is 10.2. The molecule has 0 atom stereocenters. The third-order valence-corrected chi connectivity index (χ3v) is 6.35. The van der Waals surface area contributed by atoms with E-state index >= 15 is 0 Å². The molecule has 25 heavy (non-hydrogen) atoms. The van der Waals surface area contributed by atoms with Crippen LogP contribution in [0.1, 0.15) is 30.6 Å². The summed E-state index contributed by atoms with van der Waals surface area (Å²) in [4.78, 5) is 19.9. The third-order valence-electron chi connectivity index (χ3n) is 4.55. The number of rotatable bonds is 3. The van der Waals surface area contributed by atoms with E-state index in [1.807, 2.05) is 6.92 Å². The molecule has 4 heterocycles. The van der Waals surface area contributed by atoms with Crippen LogP contribution in [0.3, 0.4) is 0 Å². The molecule has 8 heteroatoms. The van der Waals surface area contributed by atoms with E-state index in [9.17, 15) is 0 Å². The van der Waals surface area contributed by atoms with Gasteiger partial charge < -0.3 is 9.80 Å². The van der Waals surface area contributed by atoms with Crippen molar-refractivity contribution in [3.05, 3.63) is 22.6 Å². The number of nitrogens with zero attached hydrogens (tertiary/aromatic N) is 6. The number of hydrogen-bond donors (Lipinski definition) is 0. The Kier molecular flexibility index (Phi) is 4.56. The van der Waals surface area contributed by atoms with Crippen LogP contribution >= 0.6 is 22.9 Å². The average Bonchev–Trinajstić information content (AvgIpc) is 3.14. The van der Waals surface area contributed by atoms with Gasteiger partial charge in [-0.2, -0.15) is 4.37 Å². The van der Waals surface area contributed by atoms with Crippen LogP contribution in [0, 0.1) is 13.8 Å². The molecule has 0 radical (unpaired) electrons. The fraction of sp³-hybridized carbons (Fsp3) is 0.529. The highest BCUT2D eigenvalue weighted by molar-refractivity contribution is 7.17. The first-order chi connectivity index (χ1) is 12.2. The Balaban J connectivity index is 1.60. The quantitative estimate of drug-likeness (QED) is 0.700. The van der Waals surface area contributed by atoms with Gasteiger partial charge in [0.1, 0.15) is 22.3 Å². The van der Waals surface area contributed by atoms with Crippen molar-refractivity contribution in [2.45, 2.75) is 33.6 Å². The highest BCUT2D eigenvalue weighted by Gasteiger charge is 2.22. The van der Waals surface area contributed by atoms with Crippen LogP contribution in [0.25, 0.3) is 10.2 Å². The molecule has 0 amide bonds. The van der Waals surface area contributed by atoms with Gasteiger partial charge >= 0.3 is 0 Å². The first-order valence-corrected chi connectivity index (χ1v) is 10.4. The molecule has 4 rings (SSSR count). The second-order valence-electron chi connectivity index (χ2n) is 6.37. The maximum Gasteiger partial charge on any atom is 0.205 e. The van der Waals surface area contributed by atoms with Crippen molar-refractivity contribution < 1.29 is 0 Å². The van der Waals surface area contributed by atoms with Gasteiger partial charge in [0.15, 0.2) is 0 Å². The SMILES string of the molecule is CCc1nsc(N2CCCN(c3nc(C)nc4scc(C)c34)CC2)n1. The molecule has 3 aromatic rings. The average molecular weight is 375 g/mol. The van der Waals surface area contributed by atoms with Crippen LogP contribution in [0.5, 0.6) is 0 Å². The van der Waals surface area contributed by atoms with Gasteiger partial charge in [-0.3, -0.25) is 0 Å². The summed E-state index contributed by atoms with van der Waals surface area (Å²) in [6, 6.07) is 0. The van der Waals surface area contributed by atoms with Crippen molar-refractivity contribution in [2.75, 3.05) is 36.0 Å². The first-order valence-electron chi connectivity index (χ1n) is 8.70. The van der Waals surface area contributed by atoms with Crippen LogP contribution in [-0.2, 0) is 6.42 Å². The number of thiophene rings is 1. The Morgan fingerprint density at radius 3 is 2.64 bits per heavy atom. The van der Waals surface area contributed by atoms with E-state index in [1.54, 1.807) is 11.3 Å². The summed E-state index contributed by atoms with van der Waals surface area (Å²) in [6.07, 6.45) is 1.99. The van der Waals surface area contributed by atoms with Crippen molar-refractivity contribution >= 4 is 44.0 Å². The molecule has 0 N–H and O–H groups in total. The molecule has 1 saturated heterocycles. The van der Waals surface area contributed by atoms with Gasteiger partial charge in [-0.25, -0.2) is 15.0 Å². The van der Waals surface area contributed by atoms with Crippen LogP contribution in [0.2, 0.25) is 0 Å². The minimum atomic E-state index is 0.849. The third kappa shape index (κ3) is 3.20. The minimum absolute atomic E-state index is 0.849. The molecule has 132 valence electrons. The smallest absolute Gasteiger partial charge is 0.205 e. The molecule has 6 nitrogen and oxygen atoms in total. The van der Waals surface area contributed by atoms with Crippen LogP contribution < -0.4 is 9.80 Å². The molecule has 0 aliphatic carbocycles. The fourth-order valence-electron chi connectivity index (χ4n) is 3.23. The number of hydrogen-bond acceptors (Lipinski definition) is 8. The van der Waals surface area contributed by atoms with Gasteiger partial charge in [-0.05, 0) is 31.2 Å². The number of anilines is 2. The van der Waals surface area contributed by atoms with E-state index in [1.165, 1.54) is 22.5 Å². The molecule has 0 saturated carbocycles. The molecule has 0 bridgehead atoms. The Morgan fingerprint density at radius 1 is 1.04 bits per heavy atom. The lowest BCUT2D eigenvalue weighted by Gasteiger charge is -2.23. The van der Waals surface area contributed by atoms with E-state index in [0.717, 1.165) is 66.4 Å². The van der Waals surface area contributed by atoms with Gasteiger partial charge in [0.05, 0.1) is 5.39 Å². The molecule has 1 aliphatic rings.